The third kappa shape index (κ3) is 8.65. The lowest BCUT2D eigenvalue weighted by Crippen LogP contribution is -2.43. The van der Waals surface area contributed by atoms with E-state index in [9.17, 15) is 24.4 Å². The molecule has 1 saturated heterocycles. The fourth-order valence-electron chi connectivity index (χ4n) is 4.86. The molecule has 0 bridgehead atoms. The molecule has 1 aromatic carbocycles. The van der Waals surface area contributed by atoms with Gasteiger partial charge in [-0.2, -0.15) is 0 Å². The number of aliphatic hydroxyl groups is 2. The Labute approximate surface area is 242 Å². The Kier molecular flexibility index (Phi) is 11.6. The number of benzene rings is 1. The molecular formula is C27H38FN2O11P. The molecule has 1 aromatic heterocycles. The van der Waals surface area contributed by atoms with E-state index in [0.29, 0.717) is 22.7 Å². The van der Waals surface area contributed by atoms with Crippen molar-refractivity contribution < 1.29 is 47.0 Å². The molecule has 2 heterocycles. The maximum atomic E-state index is 15.8. The van der Waals surface area contributed by atoms with E-state index in [2.05, 4.69) is 0 Å². The number of hydrogen-bond acceptors (Lipinski definition) is 11. The number of aliphatic hydroxyl groups excluding tert-OH is 2. The second-order valence-corrected chi connectivity index (χ2v) is 12.1. The van der Waals surface area contributed by atoms with Crippen LogP contribution in [0.1, 0.15) is 43.9 Å². The summed E-state index contributed by atoms with van der Waals surface area (Å²) in [5.74, 6) is -2.73. The first kappa shape index (κ1) is 32.6. The maximum Gasteiger partial charge on any atom is 0.475 e. The van der Waals surface area contributed by atoms with Gasteiger partial charge in [0.1, 0.15) is 24.9 Å². The summed E-state index contributed by atoms with van der Waals surface area (Å²) in [6.07, 6.45) is 0.0761. The highest BCUT2D eigenvalue weighted by molar-refractivity contribution is 7.48. The van der Waals surface area contributed by atoms with Crippen molar-refractivity contribution in [3.63, 3.8) is 0 Å². The number of nitrogens with one attached hydrogen (secondary N) is 1. The topological polar surface area (TPSA) is 168 Å². The van der Waals surface area contributed by atoms with Crippen molar-refractivity contribution in [3.8, 4) is 0 Å². The van der Waals surface area contributed by atoms with Crippen molar-refractivity contribution in [3.05, 3.63) is 69.0 Å². The second kappa shape index (κ2) is 15.0. The minimum absolute atomic E-state index is 0.127. The normalized spacial score (nSPS) is 27.1. The van der Waals surface area contributed by atoms with Crippen LogP contribution in [0.5, 0.6) is 0 Å². The van der Waals surface area contributed by atoms with Crippen LogP contribution in [0.15, 0.2) is 52.2 Å². The molecule has 0 spiro atoms. The summed E-state index contributed by atoms with van der Waals surface area (Å²) in [5.41, 5.74) is -1.09. The highest BCUT2D eigenvalue weighted by Crippen LogP contribution is 2.52. The Morgan fingerprint density at radius 3 is 2.52 bits per heavy atom. The van der Waals surface area contributed by atoms with E-state index in [0.717, 1.165) is 37.9 Å². The Balaban J connectivity index is 1.44. The first-order valence-electron chi connectivity index (χ1n) is 13.8. The molecule has 42 heavy (non-hydrogen) atoms. The van der Waals surface area contributed by atoms with Crippen LogP contribution in [0.2, 0.25) is 0 Å². The van der Waals surface area contributed by atoms with Gasteiger partial charge in [0.25, 0.3) is 11.4 Å². The SMILES string of the molecule is COCC(COP(=O)(OCc1ccccc1)OC[C@@]1(F)O[C@@H](n2ccc(=O)[nH]c2=O)[C@H](O)[C@@H]1O)OCC1CCCCC1. The molecule has 2 aromatic rings. The summed E-state index contributed by atoms with van der Waals surface area (Å²) in [5, 5.41) is 20.9. The monoisotopic (exact) mass is 616 g/mol. The third-order valence-electron chi connectivity index (χ3n) is 7.21. The lowest BCUT2D eigenvalue weighted by atomic mass is 9.90. The number of rotatable bonds is 15. The zero-order chi connectivity index (χ0) is 30.2. The summed E-state index contributed by atoms with van der Waals surface area (Å²) >= 11 is 0. The number of phosphoric acid groups is 1. The molecule has 6 atom stereocenters. The number of ether oxygens (including phenoxy) is 3. The number of aromatic nitrogens is 2. The third-order valence-corrected chi connectivity index (χ3v) is 8.57. The standard InChI is InChI=1S/C27H38FN2O11P/c1-36-16-21(37-14-19-8-4-2-5-9-19)17-39-42(35,38-15-20-10-6-3-7-11-20)40-18-27(28)24(33)23(32)25(41-27)30-13-12-22(31)29-26(30)34/h3,6-7,10-13,19,21,23-25,32-33H,2,4-5,8-9,14-18H2,1H3,(H,29,31,34)/t21?,23-,24+,25-,27-,42?/m1/s1. The number of phosphoric ester groups is 1. The number of aromatic amines is 1. The van der Waals surface area contributed by atoms with Crippen LogP contribution in [-0.4, -0.2) is 77.5 Å². The molecule has 1 aliphatic heterocycles. The predicted molar refractivity (Wildman–Crippen MR) is 146 cm³/mol. The van der Waals surface area contributed by atoms with Crippen LogP contribution in [0.4, 0.5) is 4.39 Å². The minimum atomic E-state index is -4.53. The molecule has 234 valence electrons. The van der Waals surface area contributed by atoms with Crippen molar-refractivity contribution >= 4 is 7.82 Å². The average Bonchev–Trinajstić information content (AvgIpc) is 3.22. The summed E-state index contributed by atoms with van der Waals surface area (Å²) in [4.78, 5) is 25.5. The predicted octanol–water partition coefficient (Wildman–Crippen LogP) is 2.42. The number of nitrogens with zero attached hydrogens (tertiary/aromatic N) is 1. The Bertz CT molecular complexity index is 1290. The van der Waals surface area contributed by atoms with E-state index < -0.39 is 56.1 Å². The highest BCUT2D eigenvalue weighted by atomic mass is 31.2. The smallest absolute Gasteiger partial charge is 0.385 e. The maximum absolute atomic E-state index is 15.8. The molecule has 2 unspecified atom stereocenters. The number of methoxy groups -OCH3 is 1. The van der Waals surface area contributed by atoms with E-state index in [-0.39, 0.29) is 19.8 Å². The number of H-pyrrole nitrogens is 1. The Hall–Kier alpha value is -2.26. The zero-order valence-electron chi connectivity index (χ0n) is 23.3. The first-order valence-corrected chi connectivity index (χ1v) is 15.3. The van der Waals surface area contributed by atoms with Crippen LogP contribution in [0, 0.1) is 5.92 Å². The van der Waals surface area contributed by atoms with Gasteiger partial charge >= 0.3 is 13.5 Å². The summed E-state index contributed by atoms with van der Waals surface area (Å²) in [7, 11) is -3.05. The van der Waals surface area contributed by atoms with Crippen molar-refractivity contribution in [1.29, 1.82) is 0 Å². The van der Waals surface area contributed by atoms with Gasteiger partial charge < -0.3 is 24.4 Å². The number of halogens is 1. The summed E-state index contributed by atoms with van der Waals surface area (Å²) < 4.78 is 63.0. The summed E-state index contributed by atoms with van der Waals surface area (Å²) in [6.45, 7) is -1.07. The van der Waals surface area contributed by atoms with Crippen LogP contribution in [0.25, 0.3) is 0 Å². The molecule has 0 radical (unpaired) electrons. The Morgan fingerprint density at radius 2 is 1.83 bits per heavy atom. The second-order valence-electron chi connectivity index (χ2n) is 10.4. The Morgan fingerprint density at radius 1 is 1.10 bits per heavy atom. The quantitative estimate of drug-likeness (QED) is 0.251. The molecule has 0 amide bonds. The molecule has 2 aliphatic rings. The van der Waals surface area contributed by atoms with Crippen molar-refractivity contribution in [2.75, 3.05) is 33.5 Å². The minimum Gasteiger partial charge on any atom is -0.385 e. The molecule has 3 N–H and O–H groups in total. The fourth-order valence-corrected chi connectivity index (χ4v) is 6.07. The van der Waals surface area contributed by atoms with Gasteiger partial charge in [-0.15, -0.1) is 0 Å². The van der Waals surface area contributed by atoms with Crippen LogP contribution in [-0.2, 0) is 39.0 Å². The van der Waals surface area contributed by atoms with Crippen LogP contribution < -0.4 is 11.2 Å². The van der Waals surface area contributed by atoms with E-state index in [1.165, 1.54) is 13.5 Å². The van der Waals surface area contributed by atoms with Gasteiger partial charge in [-0.1, -0.05) is 49.6 Å². The van der Waals surface area contributed by atoms with Gasteiger partial charge in [0, 0.05) is 26.0 Å². The van der Waals surface area contributed by atoms with Gasteiger partial charge in [0.2, 0.25) is 0 Å². The van der Waals surface area contributed by atoms with Gasteiger partial charge in [-0.3, -0.25) is 27.9 Å². The molecule has 15 heteroatoms. The lowest BCUT2D eigenvalue weighted by molar-refractivity contribution is -0.206. The summed E-state index contributed by atoms with van der Waals surface area (Å²) in [6, 6.07) is 9.68. The molecule has 2 fully saturated rings. The van der Waals surface area contributed by atoms with Crippen molar-refractivity contribution in [2.24, 2.45) is 5.92 Å². The molecule has 4 rings (SSSR count). The van der Waals surface area contributed by atoms with Crippen LogP contribution in [0.3, 0.4) is 0 Å². The fraction of sp³-hybridized carbons (Fsp3) is 0.630. The van der Waals surface area contributed by atoms with Gasteiger partial charge in [-0.25, -0.2) is 13.8 Å². The zero-order valence-corrected chi connectivity index (χ0v) is 24.2. The van der Waals surface area contributed by atoms with E-state index in [1.807, 2.05) is 4.98 Å². The largest absolute Gasteiger partial charge is 0.475 e. The van der Waals surface area contributed by atoms with Gasteiger partial charge in [-0.05, 0) is 24.3 Å². The van der Waals surface area contributed by atoms with Crippen molar-refractivity contribution in [1.82, 2.24) is 9.55 Å². The number of hydrogen-bond donors (Lipinski definition) is 3. The lowest BCUT2D eigenvalue weighted by Gasteiger charge is -2.27. The molecule has 1 saturated carbocycles. The van der Waals surface area contributed by atoms with Gasteiger partial charge in [0.05, 0.1) is 19.8 Å². The molecule has 1 aliphatic carbocycles. The van der Waals surface area contributed by atoms with Crippen LogP contribution >= 0.6 is 7.82 Å². The number of alkyl halides is 1. The highest BCUT2D eigenvalue weighted by Gasteiger charge is 2.57. The first-order chi connectivity index (χ1) is 20.1. The van der Waals surface area contributed by atoms with E-state index in [4.69, 9.17) is 27.8 Å². The van der Waals surface area contributed by atoms with E-state index >= 15 is 4.39 Å². The average molecular weight is 617 g/mol. The van der Waals surface area contributed by atoms with E-state index in [1.54, 1.807) is 30.3 Å². The molecule has 13 nitrogen and oxygen atoms in total. The van der Waals surface area contributed by atoms with Crippen molar-refractivity contribution in [2.45, 2.75) is 69.1 Å². The molecular weight excluding hydrogens is 578 g/mol. The van der Waals surface area contributed by atoms with Gasteiger partial charge in [0.15, 0.2) is 6.23 Å².